The molecule has 2 unspecified atom stereocenters. The molecule has 7 heteroatoms. The molecule has 0 spiro atoms. The summed E-state index contributed by atoms with van der Waals surface area (Å²) in [5.41, 5.74) is 0. The molecule has 2 nitrogen and oxygen atoms in total. The first-order valence-electron chi connectivity index (χ1n) is 6.18. The van der Waals surface area contributed by atoms with Crippen molar-refractivity contribution in [1.29, 1.82) is 0 Å². The second kappa shape index (κ2) is 6.72. The Hall–Kier alpha value is 1.41. The van der Waals surface area contributed by atoms with Gasteiger partial charge in [0.15, 0.2) is 0 Å². The molecule has 17 heavy (non-hydrogen) atoms. The van der Waals surface area contributed by atoms with E-state index in [2.05, 4.69) is 11.8 Å². The fourth-order valence-electron chi connectivity index (χ4n) is 3.07. The minimum absolute atomic E-state index is 0. The molecule has 2 saturated heterocycles. The zero-order chi connectivity index (χ0) is 11.8. The summed E-state index contributed by atoms with van der Waals surface area (Å²) < 4.78 is 37.6. The van der Waals surface area contributed by atoms with Gasteiger partial charge in [0.05, 0.1) is 0 Å². The monoisotopic (exact) mass is 274 g/mol. The molecule has 2 aliphatic heterocycles. The van der Waals surface area contributed by atoms with Crippen molar-refractivity contribution in [1.82, 2.24) is 9.80 Å². The van der Waals surface area contributed by atoms with Crippen LogP contribution in [0.15, 0.2) is 0 Å². The molecule has 2 fully saturated rings. The number of halogens is 3. The molecule has 0 radical (unpaired) electrons. The van der Waals surface area contributed by atoms with Gasteiger partial charge in [-0.3, -0.25) is 0 Å². The van der Waals surface area contributed by atoms with Crippen molar-refractivity contribution in [2.75, 3.05) is 26.1 Å². The van der Waals surface area contributed by atoms with Crippen molar-refractivity contribution in [3.8, 4) is 0 Å². The number of fused-ring (bicyclic) bond motifs is 2. The van der Waals surface area contributed by atoms with Gasteiger partial charge in [0.1, 0.15) is 0 Å². The van der Waals surface area contributed by atoms with E-state index >= 15 is 0 Å². The van der Waals surface area contributed by atoms with E-state index in [1.807, 2.05) is 0 Å². The van der Waals surface area contributed by atoms with Gasteiger partial charge in [-0.05, 0) is 38.8 Å². The topological polar surface area (TPSA) is 6.48 Å². The van der Waals surface area contributed by atoms with E-state index in [-0.39, 0.29) is 63.5 Å². The van der Waals surface area contributed by atoms with Gasteiger partial charge in [-0.25, -0.2) is 0 Å². The standard InChI is InChI=1S/C10H19BF3N2.K/c1-2-15-6-5-9-3-4-10(7-15)16(9)8-11(12,13)14;/h9-10H,2-8H2,1H3;/q-1;+1. The number of likely N-dealkylation sites (tertiary alicyclic amines) is 1. The molecule has 0 aromatic rings. The molecule has 94 valence electrons. The minimum atomic E-state index is -4.68. The molecule has 0 aliphatic carbocycles. The maximum atomic E-state index is 12.5. The predicted octanol–water partition coefficient (Wildman–Crippen LogP) is -1.06. The van der Waals surface area contributed by atoms with Crippen molar-refractivity contribution in [2.45, 2.75) is 38.3 Å². The summed E-state index contributed by atoms with van der Waals surface area (Å²) in [5, 5.41) is 0. The molecular weight excluding hydrogens is 255 g/mol. The van der Waals surface area contributed by atoms with E-state index < -0.39 is 13.4 Å². The molecule has 2 bridgehead atoms. The van der Waals surface area contributed by atoms with Gasteiger partial charge >= 0.3 is 58.4 Å². The molecule has 2 heterocycles. The minimum Gasteiger partial charge on any atom is -0.448 e. The van der Waals surface area contributed by atoms with Gasteiger partial charge in [0.25, 0.3) is 0 Å². The molecule has 0 aromatic heterocycles. The molecule has 2 rings (SSSR count). The molecule has 0 saturated carbocycles. The molecule has 2 aliphatic rings. The van der Waals surface area contributed by atoms with Gasteiger partial charge in [0.2, 0.25) is 0 Å². The van der Waals surface area contributed by atoms with Crippen molar-refractivity contribution < 1.29 is 64.3 Å². The average molecular weight is 274 g/mol. The molecule has 0 N–H and O–H groups in total. The van der Waals surface area contributed by atoms with Crippen LogP contribution in [0, 0.1) is 0 Å². The maximum absolute atomic E-state index is 12.5. The molecule has 2 atom stereocenters. The first kappa shape index (κ1) is 16.5. The van der Waals surface area contributed by atoms with Crippen molar-refractivity contribution in [3.05, 3.63) is 0 Å². The quantitative estimate of drug-likeness (QED) is 0.605. The average Bonchev–Trinajstić information content (AvgIpc) is 2.40. The predicted molar refractivity (Wildman–Crippen MR) is 59.3 cm³/mol. The summed E-state index contributed by atoms with van der Waals surface area (Å²) in [6.45, 7) is 0.134. The Morgan fingerprint density at radius 1 is 1.12 bits per heavy atom. The molecule has 0 amide bonds. The Morgan fingerprint density at radius 3 is 2.35 bits per heavy atom. The van der Waals surface area contributed by atoms with E-state index in [1.165, 1.54) is 0 Å². The van der Waals surface area contributed by atoms with E-state index in [0.29, 0.717) is 0 Å². The third kappa shape index (κ3) is 4.47. The van der Waals surface area contributed by atoms with Crippen molar-refractivity contribution in [3.63, 3.8) is 0 Å². The van der Waals surface area contributed by atoms with Gasteiger partial charge in [-0.1, -0.05) is 6.92 Å². The number of nitrogens with zero attached hydrogens (tertiary/aromatic N) is 2. The number of rotatable bonds is 3. The SMILES string of the molecule is CCN1CCC2CCC(C1)N2C[B-](F)(F)F.[K+]. The van der Waals surface area contributed by atoms with Crippen molar-refractivity contribution in [2.24, 2.45) is 0 Å². The van der Waals surface area contributed by atoms with Gasteiger partial charge < -0.3 is 22.7 Å². The number of hydrogen-bond acceptors (Lipinski definition) is 2. The van der Waals surface area contributed by atoms with Crippen LogP contribution in [0.25, 0.3) is 0 Å². The summed E-state index contributed by atoms with van der Waals surface area (Å²) in [7, 11) is 0. The molecule has 0 aromatic carbocycles. The normalized spacial score (nSPS) is 31.1. The van der Waals surface area contributed by atoms with Crippen LogP contribution < -0.4 is 51.4 Å². The van der Waals surface area contributed by atoms with Crippen LogP contribution in [-0.2, 0) is 0 Å². The Bertz CT molecular complexity index is 252. The summed E-state index contributed by atoms with van der Waals surface area (Å²) in [5.74, 6) is 0. The molecular formula is C10H19BF3KN2. The maximum Gasteiger partial charge on any atom is 1.00 e. The zero-order valence-corrected chi connectivity index (χ0v) is 13.8. The van der Waals surface area contributed by atoms with Crippen LogP contribution >= 0.6 is 0 Å². The Labute approximate surface area is 144 Å². The summed E-state index contributed by atoms with van der Waals surface area (Å²) in [4.78, 5) is 4.00. The van der Waals surface area contributed by atoms with E-state index in [1.54, 1.807) is 4.90 Å². The Kier molecular flexibility index (Phi) is 6.51. The van der Waals surface area contributed by atoms with Crippen LogP contribution in [0.3, 0.4) is 0 Å². The summed E-state index contributed by atoms with van der Waals surface area (Å²) >= 11 is 0. The van der Waals surface area contributed by atoms with Crippen LogP contribution in [-0.4, -0.2) is 54.9 Å². The second-order valence-corrected chi connectivity index (χ2v) is 4.97. The first-order chi connectivity index (χ1) is 7.49. The van der Waals surface area contributed by atoms with Crippen LogP contribution in [0.4, 0.5) is 12.9 Å². The fraction of sp³-hybridized carbons (Fsp3) is 1.00. The largest absolute Gasteiger partial charge is 1.00 e. The third-order valence-electron chi connectivity index (χ3n) is 3.88. The first-order valence-corrected chi connectivity index (χ1v) is 6.18. The Morgan fingerprint density at radius 2 is 1.76 bits per heavy atom. The summed E-state index contributed by atoms with van der Waals surface area (Å²) in [6.07, 6.45) is 2.13. The van der Waals surface area contributed by atoms with Gasteiger partial charge in [-0.15, -0.1) is 0 Å². The fourth-order valence-corrected chi connectivity index (χ4v) is 3.07. The number of likely N-dealkylation sites (N-methyl/N-ethyl adjacent to an activating group) is 1. The van der Waals surface area contributed by atoms with Crippen LogP contribution in [0.2, 0.25) is 0 Å². The van der Waals surface area contributed by atoms with Crippen molar-refractivity contribution >= 4 is 6.98 Å². The summed E-state index contributed by atoms with van der Waals surface area (Å²) in [6, 6.07) is 0.306. The third-order valence-corrected chi connectivity index (χ3v) is 3.88. The van der Waals surface area contributed by atoms with Gasteiger partial charge in [-0.2, -0.15) is 0 Å². The Balaban J connectivity index is 0.00000144. The smallest absolute Gasteiger partial charge is 0.448 e. The van der Waals surface area contributed by atoms with E-state index in [4.69, 9.17) is 0 Å². The number of hydrogen-bond donors (Lipinski definition) is 0. The zero-order valence-electron chi connectivity index (χ0n) is 10.7. The van der Waals surface area contributed by atoms with Crippen LogP contribution in [0.5, 0.6) is 0 Å². The van der Waals surface area contributed by atoms with E-state index in [0.717, 1.165) is 38.9 Å². The second-order valence-electron chi connectivity index (χ2n) is 4.97. The van der Waals surface area contributed by atoms with E-state index in [9.17, 15) is 12.9 Å². The van der Waals surface area contributed by atoms with Crippen LogP contribution in [0.1, 0.15) is 26.2 Å². The van der Waals surface area contributed by atoms with Gasteiger partial charge in [0, 0.05) is 18.6 Å².